The molecule has 0 fully saturated rings. The summed E-state index contributed by atoms with van der Waals surface area (Å²) in [5.41, 5.74) is 8.29. The van der Waals surface area contributed by atoms with Gasteiger partial charge in [-0.15, -0.1) is 10.2 Å². The molecule has 0 aromatic heterocycles. The van der Waals surface area contributed by atoms with Gasteiger partial charge in [-0.1, -0.05) is 72.8 Å². The number of rotatable bonds is 20. The number of phenols is 1. The molecule has 0 saturated carbocycles. The van der Waals surface area contributed by atoms with Gasteiger partial charge < -0.3 is 53.3 Å². The first-order chi connectivity index (χ1) is 43.6. The second-order valence-electron chi connectivity index (χ2n) is 20.7. The summed E-state index contributed by atoms with van der Waals surface area (Å²) in [5.74, 6) is -2.92. The number of aromatic carboxylic acids is 2. The maximum absolute atomic E-state index is 12.4. The molecule has 0 atom stereocenters. The van der Waals surface area contributed by atoms with E-state index in [1.54, 1.807) is 97.1 Å². The summed E-state index contributed by atoms with van der Waals surface area (Å²) < 4.78 is 109. The molecule has 1 aliphatic rings. The van der Waals surface area contributed by atoms with E-state index in [9.17, 15) is 63.8 Å². The van der Waals surface area contributed by atoms with Gasteiger partial charge in [0.25, 0.3) is 0 Å². The molecule has 0 aliphatic heterocycles. The molecule has 0 unspecified atom stereocenters. The van der Waals surface area contributed by atoms with Crippen LogP contribution in [0.5, 0.6) is 5.75 Å². The minimum atomic E-state index is -5.04. The van der Waals surface area contributed by atoms with E-state index in [-0.39, 0.29) is 156 Å². The van der Waals surface area contributed by atoms with E-state index in [4.69, 9.17) is 0 Å². The maximum Gasteiger partial charge on any atom is 1.00 e. The molecule has 0 radical (unpaired) electrons. The maximum atomic E-state index is 12.4. The Bertz CT molecular complexity index is 4420. The number of benzene rings is 8. The van der Waals surface area contributed by atoms with Gasteiger partial charge in [0, 0.05) is 92.7 Å². The molecule has 0 bridgehead atoms. The van der Waals surface area contributed by atoms with Crippen molar-refractivity contribution in [1.82, 2.24) is 0 Å². The van der Waals surface area contributed by atoms with Crippen molar-refractivity contribution in [2.75, 3.05) is 56.0 Å². The Morgan fingerprint density at radius 2 is 0.917 bits per heavy atom. The van der Waals surface area contributed by atoms with Gasteiger partial charge in [0.2, 0.25) is 0 Å². The molecule has 1 aliphatic carbocycles. The molecule has 96 heavy (non-hydrogen) atoms. The van der Waals surface area contributed by atoms with Crippen LogP contribution in [0.25, 0.3) is 5.57 Å². The molecule has 22 nitrogen and oxygen atoms in total. The van der Waals surface area contributed by atoms with Crippen molar-refractivity contribution in [2.45, 2.75) is 41.6 Å². The van der Waals surface area contributed by atoms with Crippen LogP contribution in [0.2, 0.25) is 0 Å². The number of anilines is 3. The summed E-state index contributed by atoms with van der Waals surface area (Å²) in [6.07, 6.45) is 7.09. The zero-order valence-electron chi connectivity index (χ0n) is 54.6. The van der Waals surface area contributed by atoms with Gasteiger partial charge >= 0.3 is 118 Å². The van der Waals surface area contributed by atoms with Crippen LogP contribution in [0.3, 0.4) is 0 Å². The topological polar surface area (TPSA) is 334 Å². The van der Waals surface area contributed by atoms with Crippen molar-refractivity contribution >= 4 is 93.4 Å². The Morgan fingerprint density at radius 3 is 1.33 bits per heavy atom. The van der Waals surface area contributed by atoms with Crippen LogP contribution in [-0.2, 0) is 43.4 Å². The third-order valence-corrected chi connectivity index (χ3v) is 16.5. The zero-order chi connectivity index (χ0) is 66.9. The van der Waals surface area contributed by atoms with E-state index in [2.05, 4.69) is 20.5 Å². The van der Waals surface area contributed by atoms with Crippen molar-refractivity contribution in [3.8, 4) is 5.75 Å². The number of carbonyl (C=O) groups is 2. The molecule has 0 amide bonds. The van der Waals surface area contributed by atoms with Gasteiger partial charge in [-0.05, 0) is 164 Å². The number of nitrogens with zero attached hydrogens (tertiary/aromatic N) is 8. The number of hydrogen-bond donors (Lipinski definition) is 1. The molecule has 0 spiro atoms. The quantitative estimate of drug-likeness (QED) is 0.0367. The number of carbonyl (C=O) groups excluding carboxylic acids is 2. The normalized spacial score (nSPS) is 11.7. The summed E-state index contributed by atoms with van der Waals surface area (Å²) in [7, 11) is -6.50. The Hall–Kier alpha value is -6.28. The smallest absolute Gasteiger partial charge is 0.744 e. The Kier molecular flexibility index (Phi) is 33.9. The third-order valence-electron chi connectivity index (χ3n) is 14.0. The SMILES string of the molecule is CCN(Cc1cccc(S(=O)(=O)[O-])c1)c1ccc(C(=C2C=CC(=[N+](CC)Cc3cccc(S(=O)(=O)[O-])c3)C=C2)c2ccc(O)cc2S(=O)(=O)[O-])cc1.CN(C)c1ccc(N=Nc2ccccc2C(=O)[O-])cc1.CN(C)c1ccc(N=Nc2ccccc2C(=O)[O-])cc1.[Na+].[Na+].[Na+].[Na+]. The second kappa shape index (κ2) is 38.8. The molecule has 1 N–H and O–H groups in total. The fourth-order valence-electron chi connectivity index (χ4n) is 9.22. The van der Waals surface area contributed by atoms with Crippen molar-refractivity contribution in [2.24, 2.45) is 20.5 Å². The average molecular weight is 1390 g/mol. The fraction of sp³-hybridized carbons (Fsp3) is 0.149. The first-order valence-corrected chi connectivity index (χ1v) is 32.3. The summed E-state index contributed by atoms with van der Waals surface area (Å²) >= 11 is 0. The van der Waals surface area contributed by atoms with Crippen molar-refractivity contribution in [3.05, 3.63) is 251 Å². The van der Waals surface area contributed by atoms with Crippen LogP contribution in [-0.4, -0.2) is 108 Å². The van der Waals surface area contributed by atoms with E-state index >= 15 is 0 Å². The van der Waals surface area contributed by atoms with E-state index < -0.39 is 52.9 Å². The van der Waals surface area contributed by atoms with Crippen LogP contribution in [0.1, 0.15) is 56.8 Å². The molecule has 0 saturated heterocycles. The number of hydrogen-bond acceptors (Lipinski definition) is 21. The third kappa shape index (κ3) is 24.3. The van der Waals surface area contributed by atoms with Gasteiger partial charge in [-0.3, -0.25) is 0 Å². The molecule has 9 rings (SSSR count). The minimum Gasteiger partial charge on any atom is -0.744 e. The number of azo groups is 2. The van der Waals surface area contributed by atoms with Gasteiger partial charge in [0.15, 0.2) is 12.3 Å². The summed E-state index contributed by atoms with van der Waals surface area (Å²) in [5, 5.41) is 48.0. The van der Waals surface area contributed by atoms with Crippen molar-refractivity contribution < 1.29 is 187 Å². The number of aromatic hydroxyl groups is 1. The van der Waals surface area contributed by atoms with Crippen molar-refractivity contribution in [3.63, 3.8) is 0 Å². The van der Waals surface area contributed by atoms with Crippen LogP contribution in [0, 0.1) is 0 Å². The second-order valence-corrected chi connectivity index (χ2v) is 24.8. The molecule has 29 heteroatoms. The van der Waals surface area contributed by atoms with E-state index in [1.807, 2.05) is 110 Å². The largest absolute Gasteiger partial charge is 1.00 e. The summed E-state index contributed by atoms with van der Waals surface area (Å²) in [6, 6.07) is 49.9. The Balaban J connectivity index is 0.000000447. The van der Waals surface area contributed by atoms with E-state index in [1.165, 1.54) is 60.7 Å². The Labute approximate surface area is 647 Å². The van der Waals surface area contributed by atoms with Gasteiger partial charge in [0.05, 0.1) is 49.4 Å². The standard InChI is InChI=1S/C37H36N2O10S3.2C15H15N3O2.4Na/c1-3-38(24-26-7-5-9-33(21-26)50(41,42)43)30-15-11-28(12-16-30)37(35-20-19-32(40)23-36(35)52(47,48)49)29-13-17-31(18-14-29)39(4-2)25-27-8-6-10-34(22-27)51(44,45)46;2*1-18(2)12-9-7-11(8-10-12)16-17-14-6-4-3-5-13(14)15(19)20;;;;/h5-23H,3-4,24-25H2,1-2H3,(H3,41,42,43,44,45,46,47,48,49);2*3-10H,1-2H3,(H,19,20);;;;/q;;;4*+1/p-4. The number of carboxylic acids is 2. The predicted octanol–water partition coefficient (Wildman–Crippen LogP) is -2.19. The number of phenolic OH excluding ortho intramolecular Hbond substituents is 1. The molecule has 8 aromatic rings. The van der Waals surface area contributed by atoms with Gasteiger partial charge in [0.1, 0.15) is 42.6 Å². The van der Waals surface area contributed by atoms with Crippen LogP contribution in [0.15, 0.2) is 253 Å². The number of allylic oxidation sites excluding steroid dienone is 5. The van der Waals surface area contributed by atoms with Crippen LogP contribution in [0.4, 0.5) is 39.8 Å². The van der Waals surface area contributed by atoms with Crippen LogP contribution >= 0.6 is 0 Å². The molecular weight excluding hydrogens is 1330 g/mol. The first kappa shape index (κ1) is 83.9. The van der Waals surface area contributed by atoms with E-state index in [0.29, 0.717) is 65.4 Å². The summed E-state index contributed by atoms with van der Waals surface area (Å²) in [6.45, 7) is 5.44. The summed E-state index contributed by atoms with van der Waals surface area (Å²) in [4.78, 5) is 26.5. The first-order valence-electron chi connectivity index (χ1n) is 28.1. The molecule has 0 heterocycles. The Morgan fingerprint density at radius 1 is 0.479 bits per heavy atom. The molecule has 8 aromatic carbocycles. The van der Waals surface area contributed by atoms with Gasteiger partial charge in [-0.2, -0.15) is 10.2 Å². The minimum absolute atomic E-state index is 0. The van der Waals surface area contributed by atoms with E-state index in [0.717, 1.165) is 28.8 Å². The predicted molar refractivity (Wildman–Crippen MR) is 343 cm³/mol. The monoisotopic (exact) mass is 1390 g/mol. The van der Waals surface area contributed by atoms with Gasteiger partial charge in [-0.25, -0.2) is 29.8 Å². The van der Waals surface area contributed by atoms with Crippen LogP contribution < -0.4 is 143 Å². The number of carboxylic acid groups (broad SMARTS) is 2. The molecular formula is C67H62N8Na4O14S3. The molecule has 476 valence electrons. The average Bonchev–Trinajstić information content (AvgIpc) is 0.777. The fourth-order valence-corrected chi connectivity index (χ4v) is 11.0. The van der Waals surface area contributed by atoms with Crippen molar-refractivity contribution in [1.29, 1.82) is 0 Å². The zero-order valence-corrected chi connectivity index (χ0v) is 65.0.